The minimum Gasteiger partial charge on any atom is -0.497 e. The van der Waals surface area contributed by atoms with Crippen molar-refractivity contribution in [3.63, 3.8) is 0 Å². The zero-order valence-corrected chi connectivity index (χ0v) is 17.0. The van der Waals surface area contributed by atoms with Gasteiger partial charge in [-0.3, -0.25) is 4.79 Å². The molecule has 7 nitrogen and oxygen atoms in total. The number of furan rings is 1. The number of methoxy groups -OCH3 is 1. The van der Waals surface area contributed by atoms with Crippen molar-refractivity contribution in [1.82, 2.24) is 10.3 Å². The molecule has 2 heterocycles. The number of rotatable bonds is 5. The van der Waals surface area contributed by atoms with Gasteiger partial charge in [-0.05, 0) is 61.0 Å². The third-order valence-corrected chi connectivity index (χ3v) is 5.14. The van der Waals surface area contributed by atoms with Gasteiger partial charge < -0.3 is 14.5 Å². The molecule has 1 fully saturated rings. The molecule has 1 saturated heterocycles. The molecule has 8 heteroatoms. The van der Waals surface area contributed by atoms with Crippen LogP contribution in [0.25, 0.3) is 11.3 Å². The molecule has 0 saturated carbocycles. The molecule has 0 spiro atoms. The predicted octanol–water partition coefficient (Wildman–Crippen LogP) is 4.41. The summed E-state index contributed by atoms with van der Waals surface area (Å²) in [6, 6.07) is 17.0. The van der Waals surface area contributed by atoms with E-state index < -0.39 is 17.5 Å². The lowest BCUT2D eigenvalue weighted by atomic mass is 9.92. The first-order valence-corrected chi connectivity index (χ1v) is 9.49. The SMILES string of the molecule is COc1ccc(C2(C)NC(=O)N(/N=C/c3ccc(-c4ccc(Cl)cc4)o3)C2=O)cc1. The highest BCUT2D eigenvalue weighted by Crippen LogP contribution is 2.30. The molecule has 3 amide bonds. The smallest absolute Gasteiger partial charge is 0.346 e. The molecule has 0 radical (unpaired) electrons. The minimum atomic E-state index is -1.22. The van der Waals surface area contributed by atoms with Gasteiger partial charge in [0.15, 0.2) is 0 Å². The molecule has 1 aromatic heterocycles. The van der Waals surface area contributed by atoms with E-state index in [0.29, 0.717) is 27.9 Å². The average Bonchev–Trinajstić information content (AvgIpc) is 3.31. The van der Waals surface area contributed by atoms with Crippen molar-refractivity contribution < 1.29 is 18.7 Å². The van der Waals surface area contributed by atoms with Crippen LogP contribution in [0.2, 0.25) is 5.02 Å². The molecular weight excluding hydrogens is 406 g/mol. The van der Waals surface area contributed by atoms with E-state index in [2.05, 4.69) is 10.4 Å². The Labute approximate surface area is 177 Å². The lowest BCUT2D eigenvalue weighted by molar-refractivity contribution is -0.131. The third kappa shape index (κ3) is 3.55. The van der Waals surface area contributed by atoms with Crippen LogP contribution in [-0.2, 0) is 10.3 Å². The van der Waals surface area contributed by atoms with E-state index in [4.69, 9.17) is 20.8 Å². The van der Waals surface area contributed by atoms with Crippen molar-refractivity contribution in [2.45, 2.75) is 12.5 Å². The van der Waals surface area contributed by atoms with Crippen molar-refractivity contribution in [1.29, 1.82) is 0 Å². The molecule has 1 aliphatic rings. The highest BCUT2D eigenvalue weighted by molar-refractivity contribution is 6.30. The number of hydrogen-bond donors (Lipinski definition) is 1. The molecule has 2 aromatic carbocycles. The second-order valence-electron chi connectivity index (χ2n) is 6.85. The van der Waals surface area contributed by atoms with Crippen LogP contribution >= 0.6 is 11.6 Å². The van der Waals surface area contributed by atoms with Gasteiger partial charge >= 0.3 is 6.03 Å². The minimum absolute atomic E-state index is 0.401. The van der Waals surface area contributed by atoms with Crippen molar-refractivity contribution in [2.75, 3.05) is 7.11 Å². The van der Waals surface area contributed by atoms with E-state index >= 15 is 0 Å². The highest BCUT2D eigenvalue weighted by atomic mass is 35.5. The van der Waals surface area contributed by atoms with Crippen LogP contribution < -0.4 is 10.1 Å². The summed E-state index contributed by atoms with van der Waals surface area (Å²) in [4.78, 5) is 25.3. The number of ether oxygens (including phenoxy) is 1. The Morgan fingerprint density at radius 2 is 1.77 bits per heavy atom. The number of nitrogens with one attached hydrogen (secondary N) is 1. The number of benzene rings is 2. The number of nitrogens with zero attached hydrogens (tertiary/aromatic N) is 2. The maximum Gasteiger partial charge on any atom is 0.346 e. The Morgan fingerprint density at radius 1 is 1.07 bits per heavy atom. The number of urea groups is 1. The second-order valence-corrected chi connectivity index (χ2v) is 7.29. The fourth-order valence-corrected chi connectivity index (χ4v) is 3.28. The van der Waals surface area contributed by atoms with Gasteiger partial charge in [-0.25, -0.2) is 4.79 Å². The number of halogens is 1. The molecule has 1 aliphatic heterocycles. The number of carbonyl (C=O) groups is 2. The van der Waals surface area contributed by atoms with Gasteiger partial charge in [0.05, 0.1) is 13.3 Å². The van der Waals surface area contributed by atoms with Gasteiger partial charge in [0.25, 0.3) is 5.91 Å². The van der Waals surface area contributed by atoms with Crippen LogP contribution in [0.5, 0.6) is 5.75 Å². The van der Waals surface area contributed by atoms with Crippen LogP contribution in [0.3, 0.4) is 0 Å². The first-order valence-electron chi connectivity index (χ1n) is 9.12. The molecule has 0 aliphatic carbocycles. The first-order chi connectivity index (χ1) is 14.4. The van der Waals surface area contributed by atoms with Gasteiger partial charge in [-0.15, -0.1) is 5.01 Å². The number of hydrogen-bond acceptors (Lipinski definition) is 5. The number of hydrazone groups is 1. The summed E-state index contributed by atoms with van der Waals surface area (Å²) in [5.74, 6) is 1.19. The zero-order chi connectivity index (χ0) is 21.3. The maximum atomic E-state index is 12.9. The Morgan fingerprint density at radius 3 is 2.43 bits per heavy atom. The molecule has 4 rings (SSSR count). The topological polar surface area (TPSA) is 84.1 Å². The maximum absolute atomic E-state index is 12.9. The molecule has 1 N–H and O–H groups in total. The van der Waals surface area contributed by atoms with Crippen molar-refractivity contribution in [3.05, 3.63) is 77.0 Å². The van der Waals surface area contributed by atoms with E-state index in [1.165, 1.54) is 6.21 Å². The van der Waals surface area contributed by atoms with Gasteiger partial charge in [-0.1, -0.05) is 23.7 Å². The van der Waals surface area contributed by atoms with Crippen molar-refractivity contribution in [2.24, 2.45) is 5.10 Å². The lowest BCUT2D eigenvalue weighted by Gasteiger charge is -2.21. The van der Waals surface area contributed by atoms with Crippen LogP contribution in [-0.4, -0.2) is 30.3 Å². The van der Waals surface area contributed by atoms with Crippen molar-refractivity contribution in [3.8, 4) is 17.1 Å². The standard InChI is InChI=1S/C22H18ClN3O4/c1-22(15-5-9-17(29-2)10-6-15)20(27)26(21(28)25-22)24-13-18-11-12-19(30-18)14-3-7-16(23)8-4-14/h3-13H,1-2H3,(H,25,28)/b24-13+. The molecule has 1 atom stereocenters. The zero-order valence-electron chi connectivity index (χ0n) is 16.3. The summed E-state index contributed by atoms with van der Waals surface area (Å²) in [5, 5.41) is 8.17. The molecule has 30 heavy (non-hydrogen) atoms. The molecule has 1 unspecified atom stereocenters. The lowest BCUT2D eigenvalue weighted by Crippen LogP contribution is -2.40. The van der Waals surface area contributed by atoms with E-state index in [1.807, 2.05) is 12.1 Å². The average molecular weight is 424 g/mol. The van der Waals surface area contributed by atoms with Gasteiger partial charge in [-0.2, -0.15) is 5.10 Å². The summed E-state index contributed by atoms with van der Waals surface area (Å²) < 4.78 is 10.9. The van der Waals surface area contributed by atoms with Crippen LogP contribution in [0.4, 0.5) is 4.79 Å². The quantitative estimate of drug-likeness (QED) is 0.486. The van der Waals surface area contributed by atoms with Crippen LogP contribution in [0.15, 0.2) is 70.2 Å². The summed E-state index contributed by atoms with van der Waals surface area (Å²) in [6.07, 6.45) is 1.33. The Bertz CT molecular complexity index is 1120. The van der Waals surface area contributed by atoms with Gasteiger partial charge in [0, 0.05) is 10.6 Å². The van der Waals surface area contributed by atoms with Crippen LogP contribution in [0.1, 0.15) is 18.2 Å². The predicted molar refractivity (Wildman–Crippen MR) is 112 cm³/mol. The number of carbonyl (C=O) groups excluding carboxylic acids is 2. The fourth-order valence-electron chi connectivity index (χ4n) is 3.16. The summed E-state index contributed by atoms with van der Waals surface area (Å²) in [5.41, 5.74) is 0.252. The molecule has 0 bridgehead atoms. The largest absolute Gasteiger partial charge is 0.497 e. The monoisotopic (exact) mass is 423 g/mol. The number of amides is 3. The van der Waals surface area contributed by atoms with E-state index in [0.717, 1.165) is 10.6 Å². The van der Waals surface area contributed by atoms with E-state index in [9.17, 15) is 9.59 Å². The van der Waals surface area contributed by atoms with Gasteiger partial charge in [0.1, 0.15) is 22.8 Å². The van der Waals surface area contributed by atoms with Gasteiger partial charge in [0.2, 0.25) is 0 Å². The van der Waals surface area contributed by atoms with Crippen molar-refractivity contribution >= 4 is 29.8 Å². The highest BCUT2D eigenvalue weighted by Gasteiger charge is 2.49. The molecular formula is C22H18ClN3O4. The Balaban J connectivity index is 1.53. The van der Waals surface area contributed by atoms with E-state index in [-0.39, 0.29) is 0 Å². The Hall–Kier alpha value is -3.58. The molecule has 152 valence electrons. The first kappa shape index (κ1) is 19.7. The summed E-state index contributed by atoms with van der Waals surface area (Å²) in [6.45, 7) is 1.64. The number of imide groups is 1. The van der Waals surface area contributed by atoms with E-state index in [1.54, 1.807) is 62.6 Å². The summed E-state index contributed by atoms with van der Waals surface area (Å²) >= 11 is 5.90. The normalized spacial score (nSPS) is 18.8. The molecule has 3 aromatic rings. The Kier molecular flexibility index (Phi) is 5.05. The van der Waals surface area contributed by atoms with Crippen LogP contribution in [0, 0.1) is 0 Å². The second kappa shape index (κ2) is 7.68. The summed E-state index contributed by atoms with van der Waals surface area (Å²) in [7, 11) is 1.56. The fraction of sp³-hybridized carbons (Fsp3) is 0.136. The third-order valence-electron chi connectivity index (χ3n) is 4.89.